The molecule has 1 N–H and O–H groups in total. The number of rotatable bonds is 5. The first-order valence-corrected chi connectivity index (χ1v) is 9.38. The Balaban J connectivity index is 1.53. The number of benzene rings is 2. The molecule has 1 heterocycles. The highest BCUT2D eigenvalue weighted by molar-refractivity contribution is 8.00. The van der Waals surface area contributed by atoms with Crippen LogP contribution in [0.1, 0.15) is 25.3 Å². The van der Waals surface area contributed by atoms with Crippen LogP contribution in [0.5, 0.6) is 0 Å². The molecule has 1 atom stereocenters. The van der Waals surface area contributed by atoms with Gasteiger partial charge in [0.05, 0.1) is 5.69 Å². The maximum atomic E-state index is 12.6. The number of anilines is 1. The molecule has 5 heteroatoms. The molecule has 0 saturated heterocycles. The van der Waals surface area contributed by atoms with Crippen molar-refractivity contribution in [2.75, 3.05) is 11.4 Å². The Morgan fingerprint density at radius 3 is 2.60 bits per heavy atom. The molecule has 4 nitrogen and oxygen atoms in total. The van der Waals surface area contributed by atoms with Crippen molar-refractivity contribution in [3.8, 4) is 0 Å². The van der Waals surface area contributed by atoms with Crippen LogP contribution in [0.15, 0.2) is 59.5 Å². The van der Waals surface area contributed by atoms with Crippen LogP contribution in [0.3, 0.4) is 0 Å². The van der Waals surface area contributed by atoms with Crippen LogP contribution in [0.2, 0.25) is 0 Å². The van der Waals surface area contributed by atoms with E-state index in [1.54, 1.807) is 11.8 Å². The molecule has 0 unspecified atom stereocenters. The number of amides is 2. The number of thioether (sulfide) groups is 1. The third-order valence-electron chi connectivity index (χ3n) is 4.12. The Hall–Kier alpha value is -2.27. The SMILES string of the molecule is C[C@H]1CN(C(=O)CCC(=O)NCc2ccccc2)c2ccccc2S1. The Labute approximate surface area is 152 Å². The number of para-hydroxylation sites is 1. The Kier molecular flexibility index (Phi) is 5.76. The predicted octanol–water partition coefficient (Wildman–Crippen LogP) is 3.61. The molecule has 0 bridgehead atoms. The predicted molar refractivity (Wildman–Crippen MR) is 102 cm³/mol. The van der Waals surface area contributed by atoms with Gasteiger partial charge in [0.1, 0.15) is 0 Å². The van der Waals surface area contributed by atoms with Crippen molar-refractivity contribution in [1.82, 2.24) is 5.32 Å². The van der Waals surface area contributed by atoms with E-state index in [0.717, 1.165) is 16.1 Å². The van der Waals surface area contributed by atoms with Gasteiger partial charge in [-0.1, -0.05) is 49.4 Å². The Bertz CT molecular complexity index is 748. The molecule has 1 aliphatic rings. The summed E-state index contributed by atoms with van der Waals surface area (Å²) < 4.78 is 0. The van der Waals surface area contributed by atoms with Gasteiger partial charge < -0.3 is 10.2 Å². The van der Waals surface area contributed by atoms with E-state index in [4.69, 9.17) is 0 Å². The quantitative estimate of drug-likeness (QED) is 0.892. The minimum atomic E-state index is -0.0927. The lowest BCUT2D eigenvalue weighted by molar-refractivity contribution is -0.125. The fourth-order valence-electron chi connectivity index (χ4n) is 2.87. The van der Waals surface area contributed by atoms with Gasteiger partial charge in [0.2, 0.25) is 11.8 Å². The van der Waals surface area contributed by atoms with Crippen molar-refractivity contribution >= 4 is 29.3 Å². The Morgan fingerprint density at radius 2 is 1.80 bits per heavy atom. The zero-order chi connectivity index (χ0) is 17.6. The fraction of sp³-hybridized carbons (Fsp3) is 0.300. The largest absolute Gasteiger partial charge is 0.352 e. The second-order valence-electron chi connectivity index (χ2n) is 6.16. The summed E-state index contributed by atoms with van der Waals surface area (Å²) in [5, 5.41) is 3.22. The number of hydrogen-bond acceptors (Lipinski definition) is 3. The highest BCUT2D eigenvalue weighted by Crippen LogP contribution is 2.38. The van der Waals surface area contributed by atoms with E-state index in [-0.39, 0.29) is 24.7 Å². The summed E-state index contributed by atoms with van der Waals surface area (Å²) >= 11 is 1.79. The van der Waals surface area contributed by atoms with E-state index in [9.17, 15) is 9.59 Å². The number of carbonyl (C=O) groups excluding carboxylic acids is 2. The summed E-state index contributed by atoms with van der Waals surface area (Å²) in [4.78, 5) is 27.6. The number of carbonyl (C=O) groups is 2. The third kappa shape index (κ3) is 4.63. The van der Waals surface area contributed by atoms with Gasteiger partial charge in [-0.05, 0) is 17.7 Å². The Morgan fingerprint density at radius 1 is 1.08 bits per heavy atom. The smallest absolute Gasteiger partial charge is 0.227 e. The molecule has 130 valence electrons. The van der Waals surface area contributed by atoms with E-state index in [2.05, 4.69) is 12.2 Å². The molecule has 2 aromatic rings. The molecule has 0 saturated carbocycles. The maximum Gasteiger partial charge on any atom is 0.227 e. The lowest BCUT2D eigenvalue weighted by atomic mass is 10.2. The first-order valence-electron chi connectivity index (χ1n) is 8.50. The normalized spacial score (nSPS) is 16.2. The molecule has 2 aromatic carbocycles. The highest BCUT2D eigenvalue weighted by Gasteiger charge is 2.26. The van der Waals surface area contributed by atoms with Crippen LogP contribution < -0.4 is 10.2 Å². The average Bonchev–Trinajstić information content (AvgIpc) is 2.64. The average molecular weight is 354 g/mol. The summed E-state index contributed by atoms with van der Waals surface area (Å²) in [7, 11) is 0. The van der Waals surface area contributed by atoms with Gasteiger partial charge in [-0.3, -0.25) is 9.59 Å². The van der Waals surface area contributed by atoms with Crippen LogP contribution in [0, 0.1) is 0 Å². The van der Waals surface area contributed by atoms with Crippen molar-refractivity contribution < 1.29 is 9.59 Å². The van der Waals surface area contributed by atoms with Crippen LogP contribution in [0.4, 0.5) is 5.69 Å². The maximum absolute atomic E-state index is 12.6. The van der Waals surface area contributed by atoms with E-state index in [1.165, 1.54) is 0 Å². The monoisotopic (exact) mass is 354 g/mol. The second-order valence-corrected chi connectivity index (χ2v) is 7.64. The lowest BCUT2D eigenvalue weighted by Crippen LogP contribution is -2.39. The van der Waals surface area contributed by atoms with E-state index >= 15 is 0 Å². The van der Waals surface area contributed by atoms with Crippen molar-refractivity contribution in [2.24, 2.45) is 0 Å². The first kappa shape index (κ1) is 17.5. The van der Waals surface area contributed by atoms with Gasteiger partial charge in [-0.2, -0.15) is 0 Å². The van der Waals surface area contributed by atoms with Gasteiger partial charge >= 0.3 is 0 Å². The summed E-state index contributed by atoms with van der Waals surface area (Å²) in [6.45, 7) is 3.30. The van der Waals surface area contributed by atoms with Gasteiger partial charge in [0.15, 0.2) is 0 Å². The summed E-state index contributed by atoms with van der Waals surface area (Å²) in [5.41, 5.74) is 2.01. The highest BCUT2D eigenvalue weighted by atomic mass is 32.2. The molecule has 2 amide bonds. The molecule has 25 heavy (non-hydrogen) atoms. The summed E-state index contributed by atoms with van der Waals surface area (Å²) in [5.74, 6) is -0.0839. The molecule has 0 spiro atoms. The van der Waals surface area contributed by atoms with Gasteiger partial charge in [-0.25, -0.2) is 0 Å². The zero-order valence-corrected chi connectivity index (χ0v) is 15.1. The molecule has 3 rings (SSSR count). The standard InChI is InChI=1S/C20H22N2O2S/c1-15-14-22(17-9-5-6-10-18(17)25-15)20(24)12-11-19(23)21-13-16-7-3-2-4-8-16/h2-10,15H,11-14H2,1H3,(H,21,23)/t15-/m0/s1. The number of nitrogens with one attached hydrogen (secondary N) is 1. The molecular weight excluding hydrogens is 332 g/mol. The van der Waals surface area contributed by atoms with Gasteiger partial charge in [0.25, 0.3) is 0 Å². The topological polar surface area (TPSA) is 49.4 Å². The van der Waals surface area contributed by atoms with E-state index < -0.39 is 0 Å². The lowest BCUT2D eigenvalue weighted by Gasteiger charge is -2.32. The minimum absolute atomic E-state index is 0.00876. The van der Waals surface area contributed by atoms with Crippen LogP contribution in [-0.2, 0) is 16.1 Å². The number of hydrogen-bond donors (Lipinski definition) is 1. The molecule has 0 aromatic heterocycles. The van der Waals surface area contributed by atoms with Gasteiger partial charge in [-0.15, -0.1) is 11.8 Å². The summed E-state index contributed by atoms with van der Waals surface area (Å²) in [6.07, 6.45) is 0.443. The van der Waals surface area contributed by atoms with Crippen molar-refractivity contribution in [1.29, 1.82) is 0 Å². The second kappa shape index (κ2) is 8.21. The number of fused-ring (bicyclic) bond motifs is 1. The van der Waals surface area contributed by atoms with Crippen molar-refractivity contribution in [2.45, 2.75) is 36.5 Å². The van der Waals surface area contributed by atoms with E-state index in [0.29, 0.717) is 18.3 Å². The van der Waals surface area contributed by atoms with E-state index in [1.807, 2.05) is 59.5 Å². The van der Waals surface area contributed by atoms with Crippen molar-refractivity contribution in [3.05, 3.63) is 60.2 Å². The molecule has 1 aliphatic heterocycles. The molecule has 0 fully saturated rings. The van der Waals surface area contributed by atoms with Crippen LogP contribution in [-0.4, -0.2) is 23.6 Å². The minimum Gasteiger partial charge on any atom is -0.352 e. The number of nitrogens with zero attached hydrogens (tertiary/aromatic N) is 1. The van der Waals surface area contributed by atoms with Gasteiger partial charge in [0, 0.05) is 36.1 Å². The molecular formula is C20H22N2O2S. The zero-order valence-electron chi connectivity index (χ0n) is 14.3. The van der Waals surface area contributed by atoms with Crippen molar-refractivity contribution in [3.63, 3.8) is 0 Å². The summed E-state index contributed by atoms with van der Waals surface area (Å²) in [6, 6.07) is 17.7. The van der Waals surface area contributed by atoms with Crippen LogP contribution in [0.25, 0.3) is 0 Å². The van der Waals surface area contributed by atoms with Crippen LogP contribution >= 0.6 is 11.8 Å². The third-order valence-corrected chi connectivity index (χ3v) is 5.27. The molecule has 0 aliphatic carbocycles. The first-order chi connectivity index (χ1) is 12.1. The fourth-order valence-corrected chi connectivity index (χ4v) is 3.98. The molecule has 0 radical (unpaired) electrons.